The number of thiophene rings is 1. The summed E-state index contributed by atoms with van der Waals surface area (Å²) >= 11 is 3.35. The molecule has 0 saturated carbocycles. The number of para-hydroxylation sites is 2. The summed E-state index contributed by atoms with van der Waals surface area (Å²) in [5, 5.41) is 2.01. The number of amides is 1. The third-order valence-electron chi connectivity index (χ3n) is 3.59. The first-order valence-electron chi connectivity index (χ1n) is 7.04. The van der Waals surface area contributed by atoms with E-state index in [1.54, 1.807) is 23.1 Å². The molecule has 1 aromatic heterocycles. The summed E-state index contributed by atoms with van der Waals surface area (Å²) in [4.78, 5) is 18.1. The summed E-state index contributed by atoms with van der Waals surface area (Å²) in [5.74, 6) is 0.114. The van der Waals surface area contributed by atoms with Crippen molar-refractivity contribution >= 4 is 40.4 Å². The van der Waals surface area contributed by atoms with Crippen LogP contribution < -0.4 is 4.90 Å². The standard InChI is InChI=1S/C18H13NOS2/c20-18(12-13-6-5-11-21-13)19-14-7-1-3-9-16(14)22-17-10-4-2-8-15(17)19/h1-11H,12H2. The molecule has 4 rings (SSSR count). The van der Waals surface area contributed by atoms with Crippen molar-refractivity contribution in [2.45, 2.75) is 16.2 Å². The first-order valence-corrected chi connectivity index (χ1v) is 8.74. The lowest BCUT2D eigenvalue weighted by molar-refractivity contribution is -0.117. The molecule has 1 aliphatic heterocycles. The van der Waals surface area contributed by atoms with Gasteiger partial charge in [-0.15, -0.1) is 11.3 Å². The second-order valence-corrected chi connectivity index (χ2v) is 7.14. The van der Waals surface area contributed by atoms with Crippen LogP contribution in [0.2, 0.25) is 0 Å². The molecule has 0 N–H and O–H groups in total. The van der Waals surface area contributed by atoms with Gasteiger partial charge in [-0.2, -0.15) is 0 Å². The van der Waals surface area contributed by atoms with Crippen molar-refractivity contribution in [2.24, 2.45) is 0 Å². The Hall–Kier alpha value is -2.04. The van der Waals surface area contributed by atoms with E-state index in [0.717, 1.165) is 26.0 Å². The molecular weight excluding hydrogens is 310 g/mol. The molecule has 0 radical (unpaired) electrons. The topological polar surface area (TPSA) is 20.3 Å². The Morgan fingerprint density at radius 1 is 0.864 bits per heavy atom. The predicted molar refractivity (Wildman–Crippen MR) is 92.2 cm³/mol. The molecule has 2 nitrogen and oxygen atoms in total. The largest absolute Gasteiger partial charge is 0.278 e. The summed E-state index contributed by atoms with van der Waals surface area (Å²) in [7, 11) is 0. The van der Waals surface area contributed by atoms with Gasteiger partial charge in [0.05, 0.1) is 17.8 Å². The number of hydrogen-bond acceptors (Lipinski definition) is 3. The number of anilines is 2. The molecule has 3 aromatic rings. The molecule has 2 aromatic carbocycles. The molecule has 108 valence electrons. The fraction of sp³-hybridized carbons (Fsp3) is 0.0556. The van der Waals surface area contributed by atoms with Crippen molar-refractivity contribution in [3.05, 3.63) is 70.9 Å². The Morgan fingerprint density at radius 3 is 2.09 bits per heavy atom. The van der Waals surface area contributed by atoms with Gasteiger partial charge in [0.15, 0.2) is 0 Å². The first kappa shape index (κ1) is 13.6. The number of fused-ring (bicyclic) bond motifs is 2. The van der Waals surface area contributed by atoms with E-state index < -0.39 is 0 Å². The van der Waals surface area contributed by atoms with Crippen LogP contribution in [0.3, 0.4) is 0 Å². The van der Waals surface area contributed by atoms with E-state index in [9.17, 15) is 4.79 Å². The number of benzene rings is 2. The van der Waals surface area contributed by atoms with Crippen molar-refractivity contribution in [3.8, 4) is 0 Å². The highest BCUT2D eigenvalue weighted by Crippen LogP contribution is 2.48. The van der Waals surface area contributed by atoms with Crippen LogP contribution in [-0.4, -0.2) is 5.91 Å². The van der Waals surface area contributed by atoms with Crippen LogP contribution in [0.5, 0.6) is 0 Å². The predicted octanol–water partition coefficient (Wildman–Crippen LogP) is 5.12. The number of hydrogen-bond donors (Lipinski definition) is 0. The fourth-order valence-corrected chi connectivity index (χ4v) is 4.37. The molecule has 2 heterocycles. The molecule has 0 fully saturated rings. The second-order valence-electron chi connectivity index (χ2n) is 5.02. The Kier molecular flexibility index (Phi) is 3.48. The van der Waals surface area contributed by atoms with Crippen molar-refractivity contribution in [1.29, 1.82) is 0 Å². The van der Waals surface area contributed by atoms with Crippen LogP contribution in [0, 0.1) is 0 Å². The van der Waals surface area contributed by atoms with Gasteiger partial charge in [0.25, 0.3) is 0 Å². The number of carbonyl (C=O) groups is 1. The third kappa shape index (κ3) is 2.34. The summed E-state index contributed by atoms with van der Waals surface area (Å²) < 4.78 is 0. The van der Waals surface area contributed by atoms with Crippen LogP contribution >= 0.6 is 23.1 Å². The van der Waals surface area contributed by atoms with E-state index in [1.807, 2.05) is 58.8 Å². The maximum absolute atomic E-state index is 12.9. The summed E-state index contributed by atoms with van der Waals surface area (Å²) in [6, 6.07) is 20.2. The van der Waals surface area contributed by atoms with Gasteiger partial charge in [-0.25, -0.2) is 0 Å². The van der Waals surface area contributed by atoms with Crippen LogP contribution in [0.1, 0.15) is 4.88 Å². The van der Waals surface area contributed by atoms with E-state index >= 15 is 0 Å². The lowest BCUT2D eigenvalue weighted by Gasteiger charge is -2.31. The molecule has 1 aliphatic rings. The van der Waals surface area contributed by atoms with Crippen molar-refractivity contribution < 1.29 is 4.79 Å². The van der Waals surface area contributed by atoms with Gasteiger partial charge < -0.3 is 0 Å². The Balaban J connectivity index is 1.79. The van der Waals surface area contributed by atoms with Crippen LogP contribution in [0.4, 0.5) is 11.4 Å². The van der Waals surface area contributed by atoms with Crippen LogP contribution in [0.25, 0.3) is 0 Å². The number of carbonyl (C=O) groups excluding carboxylic acids is 1. The minimum absolute atomic E-state index is 0.114. The first-order chi connectivity index (χ1) is 10.8. The van der Waals surface area contributed by atoms with Crippen molar-refractivity contribution in [2.75, 3.05) is 4.90 Å². The van der Waals surface area contributed by atoms with Crippen molar-refractivity contribution in [3.63, 3.8) is 0 Å². The lowest BCUT2D eigenvalue weighted by Crippen LogP contribution is -2.29. The zero-order valence-electron chi connectivity index (χ0n) is 11.7. The summed E-state index contributed by atoms with van der Waals surface area (Å²) in [6.45, 7) is 0. The summed E-state index contributed by atoms with van der Waals surface area (Å²) in [6.07, 6.45) is 0.436. The van der Waals surface area contributed by atoms with E-state index in [4.69, 9.17) is 0 Å². The van der Waals surface area contributed by atoms with Gasteiger partial charge in [0, 0.05) is 14.7 Å². The normalized spacial score (nSPS) is 12.6. The molecule has 0 spiro atoms. The van der Waals surface area contributed by atoms with Gasteiger partial charge >= 0.3 is 0 Å². The number of rotatable bonds is 2. The highest BCUT2D eigenvalue weighted by Gasteiger charge is 2.27. The minimum atomic E-state index is 0.114. The van der Waals surface area contributed by atoms with E-state index in [0.29, 0.717) is 6.42 Å². The van der Waals surface area contributed by atoms with E-state index in [-0.39, 0.29) is 5.91 Å². The fourth-order valence-electron chi connectivity index (χ4n) is 2.61. The Morgan fingerprint density at radius 2 is 1.50 bits per heavy atom. The zero-order valence-corrected chi connectivity index (χ0v) is 13.4. The maximum atomic E-state index is 12.9. The second kappa shape index (κ2) is 5.63. The average Bonchev–Trinajstić information content (AvgIpc) is 3.05. The molecule has 0 unspecified atom stereocenters. The monoisotopic (exact) mass is 323 g/mol. The van der Waals surface area contributed by atoms with Gasteiger partial charge in [0.1, 0.15) is 0 Å². The van der Waals surface area contributed by atoms with Gasteiger partial charge in [0.2, 0.25) is 5.91 Å². The highest BCUT2D eigenvalue weighted by molar-refractivity contribution is 7.99. The molecule has 0 bridgehead atoms. The average molecular weight is 323 g/mol. The van der Waals surface area contributed by atoms with Crippen LogP contribution in [0.15, 0.2) is 75.8 Å². The molecule has 0 saturated heterocycles. The molecular formula is C18H13NOS2. The maximum Gasteiger partial charge on any atom is 0.236 e. The Bertz CT molecular complexity index is 781. The summed E-state index contributed by atoms with van der Waals surface area (Å²) in [5.41, 5.74) is 1.96. The number of nitrogens with zero attached hydrogens (tertiary/aromatic N) is 1. The molecule has 4 heteroatoms. The molecule has 0 aliphatic carbocycles. The van der Waals surface area contributed by atoms with Crippen LogP contribution in [-0.2, 0) is 11.2 Å². The minimum Gasteiger partial charge on any atom is -0.278 e. The quantitative estimate of drug-likeness (QED) is 0.652. The highest BCUT2D eigenvalue weighted by atomic mass is 32.2. The molecule has 0 atom stereocenters. The Labute approximate surface area is 137 Å². The lowest BCUT2D eigenvalue weighted by atomic mass is 10.2. The third-order valence-corrected chi connectivity index (χ3v) is 5.59. The van der Waals surface area contributed by atoms with E-state index in [2.05, 4.69) is 12.1 Å². The molecule has 1 amide bonds. The van der Waals surface area contributed by atoms with Gasteiger partial charge in [-0.3, -0.25) is 9.69 Å². The van der Waals surface area contributed by atoms with Gasteiger partial charge in [-0.1, -0.05) is 42.1 Å². The SMILES string of the molecule is O=C(Cc1cccs1)N1c2ccccc2Sc2ccccc21. The zero-order chi connectivity index (χ0) is 14.9. The van der Waals surface area contributed by atoms with E-state index in [1.165, 1.54) is 0 Å². The van der Waals surface area contributed by atoms with Gasteiger partial charge in [-0.05, 0) is 35.7 Å². The smallest absolute Gasteiger partial charge is 0.236 e. The molecule has 22 heavy (non-hydrogen) atoms. The van der Waals surface area contributed by atoms with Crippen molar-refractivity contribution in [1.82, 2.24) is 0 Å².